The first-order valence-corrected chi connectivity index (χ1v) is 9.19. The summed E-state index contributed by atoms with van der Waals surface area (Å²) in [6.07, 6.45) is -0.0521. The van der Waals surface area contributed by atoms with Crippen molar-refractivity contribution in [2.75, 3.05) is 11.9 Å². The van der Waals surface area contributed by atoms with Gasteiger partial charge in [-0.05, 0) is 26.0 Å². The molecule has 0 aliphatic rings. The summed E-state index contributed by atoms with van der Waals surface area (Å²) in [4.78, 5) is 55.5. The lowest BCUT2D eigenvalue weighted by Gasteiger charge is -2.05. The molecule has 30 heavy (non-hydrogen) atoms. The van der Waals surface area contributed by atoms with Crippen LogP contribution in [0.15, 0.2) is 33.5 Å². The molecule has 0 bridgehead atoms. The van der Waals surface area contributed by atoms with Crippen LogP contribution in [-0.2, 0) is 16.0 Å². The molecule has 0 saturated heterocycles. The number of esters is 1. The van der Waals surface area contributed by atoms with E-state index in [9.17, 15) is 19.2 Å². The maximum Gasteiger partial charge on any atom is 0.342 e. The van der Waals surface area contributed by atoms with Gasteiger partial charge in [-0.25, -0.2) is 9.78 Å². The van der Waals surface area contributed by atoms with Crippen molar-refractivity contribution in [3.05, 3.63) is 57.2 Å². The van der Waals surface area contributed by atoms with Gasteiger partial charge >= 0.3 is 5.97 Å². The quantitative estimate of drug-likeness (QED) is 0.498. The van der Waals surface area contributed by atoms with Gasteiger partial charge in [0.25, 0.3) is 11.5 Å². The number of benzene rings is 1. The van der Waals surface area contributed by atoms with E-state index in [4.69, 9.17) is 14.9 Å². The molecule has 10 nitrogen and oxygen atoms in total. The van der Waals surface area contributed by atoms with Crippen molar-refractivity contribution in [1.29, 1.82) is 0 Å². The van der Waals surface area contributed by atoms with Crippen molar-refractivity contribution in [3.8, 4) is 0 Å². The molecule has 0 spiro atoms. The van der Waals surface area contributed by atoms with E-state index in [-0.39, 0.29) is 47.9 Å². The number of aromatic nitrogens is 2. The minimum atomic E-state index is -0.946. The second-order valence-corrected chi connectivity index (χ2v) is 6.40. The Labute approximate surface area is 170 Å². The monoisotopic (exact) mass is 412 g/mol. The summed E-state index contributed by atoms with van der Waals surface area (Å²) in [5, 5.41) is 2.42. The second kappa shape index (κ2) is 8.60. The van der Waals surface area contributed by atoms with Crippen molar-refractivity contribution in [1.82, 2.24) is 9.97 Å². The normalized spacial score (nSPS) is 10.7. The number of aromatic amines is 1. The first-order valence-electron chi connectivity index (χ1n) is 9.19. The van der Waals surface area contributed by atoms with E-state index in [2.05, 4.69) is 15.3 Å². The van der Waals surface area contributed by atoms with Crippen molar-refractivity contribution in [2.24, 2.45) is 5.73 Å². The van der Waals surface area contributed by atoms with Crippen molar-refractivity contribution in [2.45, 2.75) is 26.7 Å². The van der Waals surface area contributed by atoms with Crippen LogP contribution in [0, 0.1) is 6.92 Å². The Bertz CT molecular complexity index is 1190. The molecule has 156 valence electrons. The van der Waals surface area contributed by atoms with E-state index in [1.54, 1.807) is 31.2 Å². The number of anilines is 1. The van der Waals surface area contributed by atoms with Gasteiger partial charge in [-0.1, -0.05) is 12.1 Å². The number of primary amides is 1. The molecule has 3 rings (SSSR count). The number of ether oxygens (including phenoxy) is 1. The number of aryl methyl sites for hydroxylation is 2. The summed E-state index contributed by atoms with van der Waals surface area (Å²) in [5.41, 5.74) is 5.97. The number of hydrogen-bond donors (Lipinski definition) is 3. The number of H-pyrrole nitrogens is 1. The number of carbonyl (C=O) groups is 3. The van der Waals surface area contributed by atoms with E-state index in [0.29, 0.717) is 11.0 Å². The summed E-state index contributed by atoms with van der Waals surface area (Å²) in [7, 11) is 0. The molecule has 0 unspecified atom stereocenters. The average molecular weight is 412 g/mol. The first kappa shape index (κ1) is 20.8. The number of hydrogen-bond acceptors (Lipinski definition) is 7. The standard InChI is InChI=1S/C20H20N4O6/c1-3-29-20(28)15-10(2)30-19(16(15)17(21)26)24-14(25)9-8-13-18(27)23-12-7-5-4-6-11(12)22-13/h4-7H,3,8-9H2,1-2H3,(H2,21,26)(H,23,27)(H,24,25). The average Bonchev–Trinajstić information content (AvgIpc) is 3.02. The zero-order valence-electron chi connectivity index (χ0n) is 16.4. The third kappa shape index (κ3) is 4.22. The first-order chi connectivity index (χ1) is 14.3. The van der Waals surface area contributed by atoms with E-state index >= 15 is 0 Å². The molecule has 2 heterocycles. The molecule has 1 aromatic carbocycles. The van der Waals surface area contributed by atoms with Crippen LogP contribution in [0.4, 0.5) is 5.88 Å². The minimum Gasteiger partial charge on any atom is -0.462 e. The van der Waals surface area contributed by atoms with E-state index in [0.717, 1.165) is 0 Å². The van der Waals surface area contributed by atoms with Gasteiger partial charge in [0.15, 0.2) is 0 Å². The summed E-state index contributed by atoms with van der Waals surface area (Å²) < 4.78 is 10.3. The lowest BCUT2D eigenvalue weighted by Crippen LogP contribution is -2.21. The molecule has 3 aromatic rings. The van der Waals surface area contributed by atoms with Crippen LogP contribution in [0.2, 0.25) is 0 Å². The topological polar surface area (TPSA) is 157 Å². The molecule has 0 fully saturated rings. The number of furan rings is 1. The molecule has 0 radical (unpaired) electrons. The number of rotatable bonds is 7. The van der Waals surface area contributed by atoms with Gasteiger partial charge in [0.1, 0.15) is 22.6 Å². The molecule has 0 atom stereocenters. The molecule has 0 aliphatic carbocycles. The number of nitrogens with one attached hydrogen (secondary N) is 2. The van der Waals surface area contributed by atoms with Gasteiger partial charge < -0.3 is 19.9 Å². The van der Waals surface area contributed by atoms with E-state index in [1.807, 2.05) is 0 Å². The Kier molecular flexibility index (Phi) is 5.95. The predicted octanol–water partition coefficient (Wildman–Crippen LogP) is 1.67. The Morgan fingerprint density at radius 2 is 1.97 bits per heavy atom. The summed E-state index contributed by atoms with van der Waals surface area (Å²) in [5.74, 6) is -2.42. The Hall–Kier alpha value is -3.95. The predicted molar refractivity (Wildman–Crippen MR) is 107 cm³/mol. The second-order valence-electron chi connectivity index (χ2n) is 6.40. The highest BCUT2D eigenvalue weighted by Crippen LogP contribution is 2.27. The third-order valence-electron chi connectivity index (χ3n) is 4.32. The van der Waals surface area contributed by atoms with E-state index in [1.165, 1.54) is 6.92 Å². The Morgan fingerprint density at radius 3 is 2.67 bits per heavy atom. The van der Waals surface area contributed by atoms with Gasteiger partial charge in [0.05, 0.1) is 17.6 Å². The fraction of sp³-hybridized carbons (Fsp3) is 0.250. The van der Waals surface area contributed by atoms with Crippen molar-refractivity contribution in [3.63, 3.8) is 0 Å². The zero-order chi connectivity index (χ0) is 21.8. The number of nitrogens with zero attached hydrogens (tertiary/aromatic N) is 1. The van der Waals surface area contributed by atoms with Crippen LogP contribution in [0.1, 0.15) is 45.5 Å². The highest BCUT2D eigenvalue weighted by Gasteiger charge is 2.29. The highest BCUT2D eigenvalue weighted by atomic mass is 16.5. The van der Waals surface area contributed by atoms with Crippen LogP contribution < -0.4 is 16.6 Å². The SMILES string of the molecule is CCOC(=O)c1c(C)oc(NC(=O)CCc2nc3ccccc3[nH]c2=O)c1C(N)=O. The van der Waals surface area contributed by atoms with Crippen LogP contribution in [-0.4, -0.2) is 34.4 Å². The van der Waals surface area contributed by atoms with Crippen LogP contribution in [0.25, 0.3) is 11.0 Å². The fourth-order valence-corrected chi connectivity index (χ4v) is 2.97. The Balaban J connectivity index is 1.78. The third-order valence-corrected chi connectivity index (χ3v) is 4.32. The van der Waals surface area contributed by atoms with Gasteiger partial charge in [-0.3, -0.25) is 19.7 Å². The van der Waals surface area contributed by atoms with Gasteiger partial charge in [-0.15, -0.1) is 0 Å². The molecule has 2 amide bonds. The molecule has 10 heteroatoms. The molecular weight excluding hydrogens is 392 g/mol. The molecule has 4 N–H and O–H groups in total. The van der Waals surface area contributed by atoms with Crippen LogP contribution >= 0.6 is 0 Å². The lowest BCUT2D eigenvalue weighted by molar-refractivity contribution is -0.116. The number of para-hydroxylation sites is 2. The van der Waals surface area contributed by atoms with Gasteiger partial charge in [0, 0.05) is 12.8 Å². The van der Waals surface area contributed by atoms with Crippen molar-refractivity contribution >= 4 is 34.7 Å². The number of nitrogens with two attached hydrogens (primary N) is 1. The highest BCUT2D eigenvalue weighted by molar-refractivity contribution is 6.10. The smallest absolute Gasteiger partial charge is 0.342 e. The van der Waals surface area contributed by atoms with E-state index < -0.39 is 23.3 Å². The summed E-state index contributed by atoms with van der Waals surface area (Å²) in [6, 6.07) is 7.04. The number of carbonyl (C=O) groups excluding carboxylic acids is 3. The molecule has 0 saturated carbocycles. The van der Waals surface area contributed by atoms with Crippen LogP contribution in [0.3, 0.4) is 0 Å². The maximum absolute atomic E-state index is 12.4. The molecule has 2 aromatic heterocycles. The largest absolute Gasteiger partial charge is 0.462 e. The van der Waals surface area contributed by atoms with Crippen molar-refractivity contribution < 1.29 is 23.5 Å². The van der Waals surface area contributed by atoms with Crippen LogP contribution in [0.5, 0.6) is 0 Å². The molecular formula is C20H20N4O6. The fourth-order valence-electron chi connectivity index (χ4n) is 2.97. The van der Waals surface area contributed by atoms with Gasteiger partial charge in [-0.2, -0.15) is 0 Å². The number of fused-ring (bicyclic) bond motifs is 1. The number of amides is 2. The lowest BCUT2D eigenvalue weighted by atomic mass is 10.1. The summed E-state index contributed by atoms with van der Waals surface area (Å²) in [6.45, 7) is 3.16. The zero-order valence-corrected chi connectivity index (χ0v) is 16.4. The maximum atomic E-state index is 12.4. The summed E-state index contributed by atoms with van der Waals surface area (Å²) >= 11 is 0. The minimum absolute atomic E-state index is 0.0579. The van der Waals surface area contributed by atoms with Gasteiger partial charge in [0.2, 0.25) is 11.8 Å². The Morgan fingerprint density at radius 1 is 1.23 bits per heavy atom. The molecule has 0 aliphatic heterocycles.